The van der Waals surface area contributed by atoms with Crippen LogP contribution < -0.4 is 10.6 Å². The molecule has 1 aromatic carbocycles. The Morgan fingerprint density at radius 1 is 1.29 bits per heavy atom. The molecule has 2 amide bonds. The Bertz CT molecular complexity index is 657. The van der Waals surface area contributed by atoms with Crippen LogP contribution in [0.15, 0.2) is 36.7 Å². The standard InChI is InChI=1S/C15H18F3N5O/c1-2-23-10-20-22-13(23)9-19-14(24)21-12(15(16,17)18)8-11-6-4-3-5-7-11/h3-7,10,12H,2,8-9H2,1H3,(H2,19,21,24)/t12-/m0/s1. The number of hydrogen-bond acceptors (Lipinski definition) is 3. The van der Waals surface area contributed by atoms with Crippen molar-refractivity contribution in [2.75, 3.05) is 0 Å². The van der Waals surface area contributed by atoms with Gasteiger partial charge >= 0.3 is 12.2 Å². The van der Waals surface area contributed by atoms with Gasteiger partial charge in [0.2, 0.25) is 0 Å². The minimum absolute atomic E-state index is 0.00438. The van der Waals surface area contributed by atoms with Gasteiger partial charge < -0.3 is 15.2 Å². The molecule has 0 aliphatic carbocycles. The molecule has 9 heteroatoms. The van der Waals surface area contributed by atoms with Crippen molar-refractivity contribution in [2.45, 2.75) is 38.7 Å². The van der Waals surface area contributed by atoms with Crippen LogP contribution in [-0.4, -0.2) is 33.0 Å². The Morgan fingerprint density at radius 3 is 2.62 bits per heavy atom. The molecule has 0 radical (unpaired) electrons. The smallest absolute Gasteiger partial charge is 0.331 e. The van der Waals surface area contributed by atoms with Crippen LogP contribution in [0, 0.1) is 0 Å². The molecular formula is C15H18F3N5O. The first-order chi connectivity index (χ1) is 11.4. The summed E-state index contributed by atoms with van der Waals surface area (Å²) in [7, 11) is 0. The summed E-state index contributed by atoms with van der Waals surface area (Å²) in [6, 6.07) is 5.32. The monoisotopic (exact) mass is 341 g/mol. The number of hydrogen-bond donors (Lipinski definition) is 2. The third kappa shape index (κ3) is 4.97. The Kier molecular flexibility index (Phi) is 5.78. The van der Waals surface area contributed by atoms with Gasteiger partial charge in [0.25, 0.3) is 0 Å². The van der Waals surface area contributed by atoms with Crippen LogP contribution in [-0.2, 0) is 19.5 Å². The number of nitrogens with zero attached hydrogens (tertiary/aromatic N) is 3. The van der Waals surface area contributed by atoms with E-state index in [1.165, 1.54) is 6.33 Å². The van der Waals surface area contributed by atoms with Crippen LogP contribution in [0.3, 0.4) is 0 Å². The van der Waals surface area contributed by atoms with Crippen LogP contribution in [0.2, 0.25) is 0 Å². The lowest BCUT2D eigenvalue weighted by molar-refractivity contribution is -0.152. The number of urea groups is 1. The van der Waals surface area contributed by atoms with Crippen molar-refractivity contribution in [1.82, 2.24) is 25.4 Å². The average Bonchev–Trinajstić information content (AvgIpc) is 3.00. The van der Waals surface area contributed by atoms with Crippen molar-refractivity contribution in [3.05, 3.63) is 48.0 Å². The number of amides is 2. The molecule has 24 heavy (non-hydrogen) atoms. The molecular weight excluding hydrogens is 323 g/mol. The minimum atomic E-state index is -4.55. The normalized spacial score (nSPS) is 12.7. The third-order valence-electron chi connectivity index (χ3n) is 3.43. The predicted molar refractivity (Wildman–Crippen MR) is 81.1 cm³/mol. The summed E-state index contributed by atoms with van der Waals surface area (Å²) < 4.78 is 41.1. The third-order valence-corrected chi connectivity index (χ3v) is 3.43. The lowest BCUT2D eigenvalue weighted by Crippen LogP contribution is -2.50. The number of nitrogens with one attached hydrogen (secondary N) is 2. The molecule has 6 nitrogen and oxygen atoms in total. The first-order valence-corrected chi connectivity index (χ1v) is 7.41. The van der Waals surface area contributed by atoms with E-state index in [-0.39, 0.29) is 13.0 Å². The summed E-state index contributed by atoms with van der Waals surface area (Å²) in [4.78, 5) is 11.8. The fraction of sp³-hybridized carbons (Fsp3) is 0.400. The van der Waals surface area contributed by atoms with E-state index in [0.717, 1.165) is 0 Å². The average molecular weight is 341 g/mol. The van der Waals surface area contributed by atoms with E-state index in [1.54, 1.807) is 34.9 Å². The zero-order valence-electron chi connectivity index (χ0n) is 13.0. The molecule has 2 aromatic rings. The van der Waals surface area contributed by atoms with Gasteiger partial charge in [0, 0.05) is 13.0 Å². The number of carbonyl (C=O) groups excluding carboxylic acids is 1. The van der Waals surface area contributed by atoms with Crippen LogP contribution in [0.25, 0.3) is 0 Å². The Balaban J connectivity index is 1.95. The molecule has 1 aromatic heterocycles. The van der Waals surface area contributed by atoms with Gasteiger partial charge in [0.05, 0.1) is 6.54 Å². The van der Waals surface area contributed by atoms with Crippen molar-refractivity contribution in [3.63, 3.8) is 0 Å². The highest BCUT2D eigenvalue weighted by Crippen LogP contribution is 2.23. The van der Waals surface area contributed by atoms with Gasteiger partial charge in [-0.1, -0.05) is 30.3 Å². The van der Waals surface area contributed by atoms with Crippen LogP contribution in [0.5, 0.6) is 0 Å². The Morgan fingerprint density at radius 2 is 2.00 bits per heavy atom. The summed E-state index contributed by atoms with van der Waals surface area (Å²) in [5.41, 5.74) is 0.492. The molecule has 0 saturated heterocycles. The van der Waals surface area contributed by atoms with Gasteiger partial charge in [-0.3, -0.25) is 0 Å². The Hall–Kier alpha value is -2.58. The highest BCUT2D eigenvalue weighted by molar-refractivity contribution is 5.74. The van der Waals surface area contributed by atoms with Crippen LogP contribution in [0.4, 0.5) is 18.0 Å². The van der Waals surface area contributed by atoms with E-state index in [4.69, 9.17) is 0 Å². The zero-order chi connectivity index (χ0) is 17.6. The number of aryl methyl sites for hydroxylation is 1. The summed E-state index contributed by atoms with van der Waals surface area (Å²) >= 11 is 0. The first kappa shape index (κ1) is 17.8. The highest BCUT2D eigenvalue weighted by Gasteiger charge is 2.40. The van der Waals surface area contributed by atoms with Crippen molar-refractivity contribution in [3.8, 4) is 0 Å². The largest absolute Gasteiger partial charge is 0.408 e. The van der Waals surface area contributed by atoms with Gasteiger partial charge in [-0.2, -0.15) is 13.2 Å². The van der Waals surface area contributed by atoms with E-state index in [2.05, 4.69) is 15.5 Å². The van der Waals surface area contributed by atoms with Gasteiger partial charge in [0.15, 0.2) is 5.82 Å². The highest BCUT2D eigenvalue weighted by atomic mass is 19.4. The molecule has 0 aliphatic rings. The molecule has 1 atom stereocenters. The molecule has 0 spiro atoms. The van der Waals surface area contributed by atoms with Crippen molar-refractivity contribution < 1.29 is 18.0 Å². The van der Waals surface area contributed by atoms with Gasteiger partial charge in [-0.15, -0.1) is 10.2 Å². The Labute approximate surface area is 137 Å². The summed E-state index contributed by atoms with van der Waals surface area (Å²) in [5, 5.41) is 11.8. The fourth-order valence-electron chi connectivity index (χ4n) is 2.15. The molecule has 1 heterocycles. The quantitative estimate of drug-likeness (QED) is 0.847. The second-order valence-electron chi connectivity index (χ2n) is 5.14. The van der Waals surface area contributed by atoms with Crippen molar-refractivity contribution in [1.29, 1.82) is 0 Å². The minimum Gasteiger partial charge on any atom is -0.331 e. The van der Waals surface area contributed by atoms with Crippen LogP contribution >= 0.6 is 0 Å². The molecule has 0 fully saturated rings. The zero-order valence-corrected chi connectivity index (χ0v) is 13.0. The van der Waals surface area contributed by atoms with E-state index in [9.17, 15) is 18.0 Å². The second-order valence-corrected chi connectivity index (χ2v) is 5.14. The predicted octanol–water partition coefficient (Wildman–Crippen LogP) is 2.27. The summed E-state index contributed by atoms with van der Waals surface area (Å²) in [6.07, 6.45) is -3.39. The number of aromatic nitrogens is 3. The van der Waals surface area contributed by atoms with E-state index < -0.39 is 18.2 Å². The molecule has 130 valence electrons. The van der Waals surface area contributed by atoms with E-state index >= 15 is 0 Å². The molecule has 0 saturated carbocycles. The van der Waals surface area contributed by atoms with E-state index in [0.29, 0.717) is 17.9 Å². The van der Waals surface area contributed by atoms with Gasteiger partial charge in [-0.25, -0.2) is 4.79 Å². The maximum Gasteiger partial charge on any atom is 0.408 e. The maximum absolute atomic E-state index is 13.1. The fourth-order valence-corrected chi connectivity index (χ4v) is 2.15. The lowest BCUT2D eigenvalue weighted by Gasteiger charge is -2.22. The van der Waals surface area contributed by atoms with E-state index in [1.807, 2.05) is 12.2 Å². The maximum atomic E-state index is 13.1. The lowest BCUT2D eigenvalue weighted by atomic mass is 10.1. The molecule has 2 N–H and O–H groups in total. The number of benzene rings is 1. The number of carbonyl (C=O) groups is 1. The number of rotatable bonds is 6. The molecule has 0 bridgehead atoms. The van der Waals surface area contributed by atoms with Crippen LogP contribution in [0.1, 0.15) is 18.3 Å². The van der Waals surface area contributed by atoms with Crippen molar-refractivity contribution >= 4 is 6.03 Å². The molecule has 0 aliphatic heterocycles. The first-order valence-electron chi connectivity index (χ1n) is 7.41. The number of halogens is 3. The van der Waals surface area contributed by atoms with Gasteiger partial charge in [0.1, 0.15) is 12.4 Å². The van der Waals surface area contributed by atoms with Crippen molar-refractivity contribution in [2.24, 2.45) is 0 Å². The number of alkyl halides is 3. The van der Waals surface area contributed by atoms with Gasteiger partial charge in [-0.05, 0) is 12.5 Å². The summed E-state index contributed by atoms with van der Waals surface area (Å²) in [6.45, 7) is 2.47. The summed E-state index contributed by atoms with van der Waals surface area (Å²) in [5.74, 6) is 0.472. The topological polar surface area (TPSA) is 71.8 Å². The SMILES string of the molecule is CCn1cnnc1CNC(=O)N[C@@H](Cc1ccccc1)C(F)(F)F. The molecule has 0 unspecified atom stereocenters. The molecule has 2 rings (SSSR count). The second kappa shape index (κ2) is 7.80.